The lowest BCUT2D eigenvalue weighted by molar-refractivity contribution is -0.145. The molecule has 0 spiro atoms. The molecule has 5 heteroatoms. The van der Waals surface area contributed by atoms with Crippen molar-refractivity contribution in [1.82, 2.24) is 5.32 Å². The summed E-state index contributed by atoms with van der Waals surface area (Å²) in [6, 6.07) is -0.872. The van der Waals surface area contributed by atoms with E-state index in [4.69, 9.17) is 9.84 Å². The fourth-order valence-corrected chi connectivity index (χ4v) is 1.97. The van der Waals surface area contributed by atoms with Crippen LogP contribution in [0.3, 0.4) is 0 Å². The van der Waals surface area contributed by atoms with Crippen LogP contribution < -0.4 is 5.32 Å². The minimum atomic E-state index is -1.00. The van der Waals surface area contributed by atoms with Crippen molar-refractivity contribution in [1.29, 1.82) is 0 Å². The number of carbonyl (C=O) groups excluding carboxylic acids is 1. The summed E-state index contributed by atoms with van der Waals surface area (Å²) in [4.78, 5) is 23.1. The van der Waals surface area contributed by atoms with Crippen LogP contribution in [0.1, 0.15) is 34.1 Å². The zero-order chi connectivity index (χ0) is 13.2. The molecule has 0 aromatic heterocycles. The molecule has 1 rings (SSSR count). The largest absolute Gasteiger partial charge is 0.480 e. The summed E-state index contributed by atoms with van der Waals surface area (Å²) in [6.07, 6.45) is 0.521. The molecule has 2 N–H and O–H groups in total. The molecule has 0 saturated carbocycles. The van der Waals surface area contributed by atoms with E-state index in [0.29, 0.717) is 13.0 Å². The Kier molecular flexibility index (Phi) is 4.14. The van der Waals surface area contributed by atoms with E-state index < -0.39 is 17.4 Å². The van der Waals surface area contributed by atoms with Crippen molar-refractivity contribution in [2.45, 2.75) is 46.3 Å². The highest BCUT2D eigenvalue weighted by molar-refractivity contribution is 5.85. The molecule has 0 aromatic carbocycles. The molecule has 1 amide bonds. The van der Waals surface area contributed by atoms with Crippen molar-refractivity contribution in [2.75, 3.05) is 6.61 Å². The highest BCUT2D eigenvalue weighted by Gasteiger charge is 2.37. The molecule has 1 aliphatic rings. The van der Waals surface area contributed by atoms with Crippen LogP contribution in [0, 0.1) is 11.3 Å². The van der Waals surface area contributed by atoms with Crippen LogP contribution in [0.2, 0.25) is 0 Å². The molecule has 0 bridgehead atoms. The number of hydrogen-bond donors (Lipinski definition) is 2. The first-order valence-corrected chi connectivity index (χ1v) is 5.88. The van der Waals surface area contributed by atoms with Gasteiger partial charge in [-0.25, -0.2) is 4.79 Å². The molecule has 5 nitrogen and oxygen atoms in total. The standard InChI is InChI=1S/C12H21NO4/c1-7-8(5-6-17-7)10(14)13-9(11(15)16)12(2,3)4/h7-9H,5-6H2,1-4H3,(H,13,14)(H,15,16). The molecule has 98 valence electrons. The van der Waals surface area contributed by atoms with Gasteiger partial charge in [0.15, 0.2) is 0 Å². The number of rotatable bonds is 3. The van der Waals surface area contributed by atoms with Gasteiger partial charge in [-0.2, -0.15) is 0 Å². The zero-order valence-corrected chi connectivity index (χ0v) is 10.8. The Morgan fingerprint density at radius 1 is 1.41 bits per heavy atom. The summed E-state index contributed by atoms with van der Waals surface area (Å²) >= 11 is 0. The Hall–Kier alpha value is -1.10. The molecule has 1 heterocycles. The Morgan fingerprint density at radius 2 is 2.00 bits per heavy atom. The minimum Gasteiger partial charge on any atom is -0.480 e. The highest BCUT2D eigenvalue weighted by Crippen LogP contribution is 2.23. The maximum atomic E-state index is 12.0. The maximum absolute atomic E-state index is 12.0. The Bertz CT molecular complexity index is 308. The second-order valence-corrected chi connectivity index (χ2v) is 5.62. The van der Waals surface area contributed by atoms with Crippen molar-refractivity contribution in [3.8, 4) is 0 Å². The first-order chi connectivity index (χ1) is 7.73. The van der Waals surface area contributed by atoms with Crippen molar-refractivity contribution in [3.05, 3.63) is 0 Å². The van der Waals surface area contributed by atoms with E-state index in [2.05, 4.69) is 5.32 Å². The summed E-state index contributed by atoms with van der Waals surface area (Å²) < 4.78 is 5.31. The molecule has 0 aromatic rings. The van der Waals surface area contributed by atoms with E-state index in [-0.39, 0.29) is 17.9 Å². The van der Waals surface area contributed by atoms with Crippen LogP contribution in [0.5, 0.6) is 0 Å². The Labute approximate surface area is 102 Å². The van der Waals surface area contributed by atoms with Gasteiger partial charge in [0, 0.05) is 6.61 Å². The molecular formula is C12H21NO4. The van der Waals surface area contributed by atoms with Gasteiger partial charge >= 0.3 is 5.97 Å². The maximum Gasteiger partial charge on any atom is 0.326 e. The summed E-state index contributed by atoms with van der Waals surface area (Å²) in [7, 11) is 0. The lowest BCUT2D eigenvalue weighted by Gasteiger charge is -2.29. The molecule has 3 atom stereocenters. The van der Waals surface area contributed by atoms with Crippen molar-refractivity contribution in [2.24, 2.45) is 11.3 Å². The third-order valence-electron chi connectivity index (χ3n) is 3.11. The molecule has 1 saturated heterocycles. The average molecular weight is 243 g/mol. The van der Waals surface area contributed by atoms with E-state index in [1.807, 2.05) is 6.92 Å². The van der Waals surface area contributed by atoms with Crippen LogP contribution in [0.15, 0.2) is 0 Å². The molecule has 0 radical (unpaired) electrons. The molecule has 17 heavy (non-hydrogen) atoms. The first-order valence-electron chi connectivity index (χ1n) is 5.88. The quantitative estimate of drug-likeness (QED) is 0.776. The van der Waals surface area contributed by atoms with Crippen LogP contribution in [0.4, 0.5) is 0 Å². The third-order valence-corrected chi connectivity index (χ3v) is 3.11. The summed E-state index contributed by atoms with van der Waals surface area (Å²) in [6.45, 7) is 7.78. The number of carboxylic acids is 1. The zero-order valence-electron chi connectivity index (χ0n) is 10.8. The first kappa shape index (κ1) is 14.0. The predicted molar refractivity (Wildman–Crippen MR) is 62.5 cm³/mol. The van der Waals surface area contributed by atoms with E-state index in [1.165, 1.54) is 0 Å². The summed E-state index contributed by atoms with van der Waals surface area (Å²) in [5, 5.41) is 11.7. The smallest absolute Gasteiger partial charge is 0.326 e. The fraction of sp³-hybridized carbons (Fsp3) is 0.833. The second kappa shape index (κ2) is 5.04. The van der Waals surface area contributed by atoms with E-state index in [9.17, 15) is 9.59 Å². The van der Waals surface area contributed by atoms with E-state index >= 15 is 0 Å². The Balaban J connectivity index is 2.68. The van der Waals surface area contributed by atoms with Gasteiger partial charge in [-0.1, -0.05) is 20.8 Å². The SMILES string of the molecule is CC1OCCC1C(=O)NC(C(=O)O)C(C)(C)C. The minimum absolute atomic E-state index is 0.135. The number of carboxylic acid groups (broad SMARTS) is 1. The normalized spacial score (nSPS) is 26.6. The average Bonchev–Trinajstić information content (AvgIpc) is 2.58. The second-order valence-electron chi connectivity index (χ2n) is 5.62. The lowest BCUT2D eigenvalue weighted by atomic mass is 9.86. The van der Waals surface area contributed by atoms with Gasteiger partial charge < -0.3 is 15.2 Å². The van der Waals surface area contributed by atoms with Crippen LogP contribution in [0.25, 0.3) is 0 Å². The molecular weight excluding hydrogens is 222 g/mol. The number of carbonyl (C=O) groups is 2. The van der Waals surface area contributed by atoms with Gasteiger partial charge in [0.25, 0.3) is 0 Å². The fourth-order valence-electron chi connectivity index (χ4n) is 1.97. The summed E-state index contributed by atoms with van der Waals surface area (Å²) in [5.74, 6) is -1.46. The summed E-state index contributed by atoms with van der Waals surface area (Å²) in [5.41, 5.74) is -0.510. The number of ether oxygens (including phenoxy) is 1. The molecule has 3 unspecified atom stereocenters. The van der Waals surface area contributed by atoms with E-state index in [0.717, 1.165) is 0 Å². The third kappa shape index (κ3) is 3.43. The van der Waals surface area contributed by atoms with Gasteiger partial charge in [-0.05, 0) is 18.8 Å². The molecule has 1 aliphatic heterocycles. The molecule has 1 fully saturated rings. The van der Waals surface area contributed by atoms with Gasteiger partial charge in [-0.15, -0.1) is 0 Å². The number of amides is 1. The lowest BCUT2D eigenvalue weighted by Crippen LogP contribution is -2.51. The van der Waals surface area contributed by atoms with E-state index in [1.54, 1.807) is 20.8 Å². The van der Waals surface area contributed by atoms with Crippen LogP contribution in [-0.4, -0.2) is 35.7 Å². The van der Waals surface area contributed by atoms with Crippen molar-refractivity contribution < 1.29 is 19.4 Å². The van der Waals surface area contributed by atoms with Gasteiger partial charge in [0.2, 0.25) is 5.91 Å². The Morgan fingerprint density at radius 3 is 2.35 bits per heavy atom. The monoisotopic (exact) mass is 243 g/mol. The number of hydrogen-bond acceptors (Lipinski definition) is 3. The number of nitrogens with one attached hydrogen (secondary N) is 1. The van der Waals surface area contributed by atoms with Gasteiger partial charge in [-0.3, -0.25) is 4.79 Å². The topological polar surface area (TPSA) is 75.6 Å². The number of aliphatic carboxylic acids is 1. The molecule has 0 aliphatic carbocycles. The van der Waals surface area contributed by atoms with Crippen molar-refractivity contribution in [3.63, 3.8) is 0 Å². The highest BCUT2D eigenvalue weighted by atomic mass is 16.5. The van der Waals surface area contributed by atoms with Gasteiger partial charge in [0.05, 0.1) is 12.0 Å². The predicted octanol–water partition coefficient (Wildman–Crippen LogP) is 1.03. The van der Waals surface area contributed by atoms with Gasteiger partial charge in [0.1, 0.15) is 6.04 Å². The van der Waals surface area contributed by atoms with Crippen molar-refractivity contribution >= 4 is 11.9 Å². The van der Waals surface area contributed by atoms with Crippen LogP contribution in [-0.2, 0) is 14.3 Å². The van der Waals surface area contributed by atoms with Crippen LogP contribution >= 0.6 is 0 Å².